The molecule has 0 fully saturated rings. The van der Waals surface area contributed by atoms with Crippen molar-refractivity contribution < 1.29 is 23.9 Å². The van der Waals surface area contributed by atoms with Crippen molar-refractivity contribution in [1.82, 2.24) is 0 Å². The van der Waals surface area contributed by atoms with Crippen molar-refractivity contribution in [1.29, 1.82) is 0 Å². The molecule has 0 radical (unpaired) electrons. The van der Waals surface area contributed by atoms with Gasteiger partial charge in [-0.25, -0.2) is 0 Å². The Morgan fingerprint density at radius 2 is 1.12 bits per heavy atom. The summed E-state index contributed by atoms with van der Waals surface area (Å²) in [6, 6.07) is 8.76. The quantitative estimate of drug-likeness (QED) is 0.793. The number of carbonyl (C=O) groups is 4. The molecule has 0 amide bonds. The number of hydrogen-bond acceptors (Lipinski definition) is 5. The average Bonchev–Trinajstić information content (AvgIpc) is 2.59. The molecule has 2 aliphatic rings. The topological polar surface area (TPSA) is 77.5 Å². The second-order valence-corrected chi connectivity index (χ2v) is 5.21. The van der Waals surface area contributed by atoms with E-state index in [2.05, 4.69) is 0 Å². The van der Waals surface area contributed by atoms with E-state index in [1.807, 2.05) is 0 Å². The highest BCUT2D eigenvalue weighted by atomic mass is 16.5. The number of hydrogen-bond donors (Lipinski definition) is 0. The zero-order valence-corrected chi connectivity index (χ0v) is 12.7. The molecular weight excluding hydrogens is 308 g/mol. The van der Waals surface area contributed by atoms with Crippen molar-refractivity contribution in [3.63, 3.8) is 0 Å². The molecule has 0 bridgehead atoms. The van der Waals surface area contributed by atoms with Crippen LogP contribution in [0.15, 0.2) is 71.5 Å². The molecule has 0 N–H and O–H groups in total. The van der Waals surface area contributed by atoms with Crippen LogP contribution in [0, 0.1) is 0 Å². The molecule has 1 aromatic carbocycles. The second kappa shape index (κ2) is 6.04. The standard InChI is InChI=1S/C19H12O5/c1-24-19-10-17(22)14(9-18(19)23)13-8-15(20)12(7-16(13)21)11-5-3-2-4-6-11/h2-10H,1H3. The molecule has 0 atom stereocenters. The molecule has 0 aromatic heterocycles. The van der Waals surface area contributed by atoms with Crippen LogP contribution >= 0.6 is 0 Å². The number of allylic oxidation sites excluding steroid dienone is 7. The van der Waals surface area contributed by atoms with Gasteiger partial charge < -0.3 is 4.74 Å². The Bertz CT molecular complexity index is 895. The summed E-state index contributed by atoms with van der Waals surface area (Å²) in [4.78, 5) is 48.7. The van der Waals surface area contributed by atoms with Gasteiger partial charge in [0.25, 0.3) is 0 Å². The first-order valence-corrected chi connectivity index (χ1v) is 7.15. The molecule has 3 rings (SSSR count). The number of benzene rings is 1. The maximum absolute atomic E-state index is 12.4. The van der Waals surface area contributed by atoms with Crippen molar-refractivity contribution >= 4 is 28.7 Å². The predicted molar refractivity (Wildman–Crippen MR) is 85.7 cm³/mol. The van der Waals surface area contributed by atoms with Crippen LogP contribution in [0.3, 0.4) is 0 Å². The Morgan fingerprint density at radius 1 is 0.625 bits per heavy atom. The number of ether oxygens (including phenoxy) is 1. The van der Waals surface area contributed by atoms with Crippen molar-refractivity contribution in [3.8, 4) is 0 Å². The van der Waals surface area contributed by atoms with Gasteiger partial charge >= 0.3 is 0 Å². The number of rotatable bonds is 3. The zero-order chi connectivity index (χ0) is 17.3. The SMILES string of the molecule is COC1=CC(=O)C(C2=CC(=O)C(c3ccccc3)=CC2=O)=CC1=O. The van der Waals surface area contributed by atoms with E-state index >= 15 is 0 Å². The molecule has 24 heavy (non-hydrogen) atoms. The lowest BCUT2D eigenvalue weighted by molar-refractivity contribution is -0.117. The first kappa shape index (κ1) is 15.6. The molecule has 1 aromatic rings. The molecule has 0 unspecified atom stereocenters. The van der Waals surface area contributed by atoms with Gasteiger partial charge in [-0.3, -0.25) is 19.2 Å². The van der Waals surface area contributed by atoms with Gasteiger partial charge in [-0.15, -0.1) is 0 Å². The monoisotopic (exact) mass is 320 g/mol. The molecule has 118 valence electrons. The Kier molecular flexibility index (Phi) is 3.92. The Balaban J connectivity index is 1.96. The molecule has 0 heterocycles. The van der Waals surface area contributed by atoms with Crippen LogP contribution in [0.5, 0.6) is 0 Å². The maximum Gasteiger partial charge on any atom is 0.221 e. The fourth-order valence-corrected chi connectivity index (χ4v) is 2.53. The van der Waals surface area contributed by atoms with Gasteiger partial charge in [0.1, 0.15) is 0 Å². The number of ketones is 4. The van der Waals surface area contributed by atoms with E-state index in [4.69, 9.17) is 4.74 Å². The second-order valence-electron chi connectivity index (χ2n) is 5.21. The number of carbonyl (C=O) groups excluding carboxylic acids is 4. The molecule has 2 aliphatic carbocycles. The van der Waals surface area contributed by atoms with Crippen molar-refractivity contribution in [2.24, 2.45) is 0 Å². The molecule has 0 saturated heterocycles. The van der Waals surface area contributed by atoms with Crippen molar-refractivity contribution in [2.45, 2.75) is 0 Å². The van der Waals surface area contributed by atoms with Crippen LogP contribution in [-0.2, 0) is 23.9 Å². The third kappa shape index (κ3) is 2.67. The highest BCUT2D eigenvalue weighted by molar-refractivity contribution is 6.38. The van der Waals surface area contributed by atoms with Crippen molar-refractivity contribution in [3.05, 3.63) is 77.1 Å². The summed E-state index contributed by atoms with van der Waals surface area (Å²) in [6.07, 6.45) is 4.35. The lowest BCUT2D eigenvalue weighted by Crippen LogP contribution is -2.21. The highest BCUT2D eigenvalue weighted by Crippen LogP contribution is 2.27. The van der Waals surface area contributed by atoms with Gasteiger partial charge in [0, 0.05) is 28.9 Å². The molecule has 0 spiro atoms. The minimum atomic E-state index is -0.546. The molecule has 5 nitrogen and oxygen atoms in total. The smallest absolute Gasteiger partial charge is 0.221 e. The minimum Gasteiger partial charge on any atom is -0.493 e. The fraction of sp³-hybridized carbons (Fsp3) is 0.0526. The van der Waals surface area contributed by atoms with Crippen LogP contribution in [-0.4, -0.2) is 30.2 Å². The van der Waals surface area contributed by atoms with E-state index in [0.29, 0.717) is 5.56 Å². The summed E-state index contributed by atoms with van der Waals surface area (Å²) in [5.74, 6) is -2.05. The third-order valence-electron chi connectivity index (χ3n) is 3.72. The van der Waals surface area contributed by atoms with Crippen LogP contribution < -0.4 is 0 Å². The lowest BCUT2D eigenvalue weighted by atomic mass is 9.85. The molecule has 0 aliphatic heterocycles. The van der Waals surface area contributed by atoms with Crippen LogP contribution in [0.2, 0.25) is 0 Å². The van der Waals surface area contributed by atoms with E-state index < -0.39 is 23.1 Å². The Morgan fingerprint density at radius 3 is 1.75 bits per heavy atom. The van der Waals surface area contributed by atoms with Gasteiger partial charge in [0.2, 0.25) is 5.78 Å². The van der Waals surface area contributed by atoms with Crippen LogP contribution in [0.1, 0.15) is 5.56 Å². The Labute approximate surface area is 137 Å². The molecular formula is C19H12O5. The summed E-state index contributed by atoms with van der Waals surface area (Å²) in [7, 11) is 1.28. The maximum atomic E-state index is 12.4. The van der Waals surface area contributed by atoms with E-state index in [9.17, 15) is 19.2 Å². The first-order valence-electron chi connectivity index (χ1n) is 7.15. The average molecular weight is 320 g/mol. The minimum absolute atomic E-state index is 0.0792. The van der Waals surface area contributed by atoms with E-state index in [-0.39, 0.29) is 22.5 Å². The predicted octanol–water partition coefficient (Wildman–Crippen LogP) is 1.76. The first-order chi connectivity index (χ1) is 11.5. The number of methoxy groups -OCH3 is 1. The highest BCUT2D eigenvalue weighted by Gasteiger charge is 2.29. The van der Waals surface area contributed by atoms with Gasteiger partial charge in [-0.1, -0.05) is 30.3 Å². The van der Waals surface area contributed by atoms with Gasteiger partial charge in [0.05, 0.1) is 7.11 Å². The normalized spacial score (nSPS) is 17.9. The van der Waals surface area contributed by atoms with E-state index in [1.165, 1.54) is 13.2 Å². The fourth-order valence-electron chi connectivity index (χ4n) is 2.53. The lowest BCUT2D eigenvalue weighted by Gasteiger charge is -2.16. The van der Waals surface area contributed by atoms with Crippen molar-refractivity contribution in [2.75, 3.05) is 7.11 Å². The Hall–Kier alpha value is -3.34. The van der Waals surface area contributed by atoms with Crippen LogP contribution in [0.25, 0.3) is 5.57 Å². The summed E-state index contributed by atoms with van der Waals surface area (Å²) < 4.78 is 4.80. The third-order valence-corrected chi connectivity index (χ3v) is 3.72. The zero-order valence-electron chi connectivity index (χ0n) is 12.7. The molecule has 0 saturated carbocycles. The van der Waals surface area contributed by atoms with E-state index in [1.54, 1.807) is 30.3 Å². The summed E-state index contributed by atoms with van der Waals surface area (Å²) in [6.45, 7) is 0. The summed E-state index contributed by atoms with van der Waals surface area (Å²) in [5.41, 5.74) is 0.701. The van der Waals surface area contributed by atoms with E-state index in [0.717, 1.165) is 18.2 Å². The van der Waals surface area contributed by atoms with Crippen LogP contribution in [0.4, 0.5) is 0 Å². The van der Waals surface area contributed by atoms with Gasteiger partial charge in [0.15, 0.2) is 23.1 Å². The summed E-state index contributed by atoms with van der Waals surface area (Å²) in [5, 5.41) is 0. The van der Waals surface area contributed by atoms with Gasteiger partial charge in [-0.2, -0.15) is 0 Å². The van der Waals surface area contributed by atoms with Gasteiger partial charge in [-0.05, 0) is 17.7 Å². The largest absolute Gasteiger partial charge is 0.493 e. The molecule has 5 heteroatoms. The summed E-state index contributed by atoms with van der Waals surface area (Å²) >= 11 is 0.